The van der Waals surface area contributed by atoms with Crippen molar-refractivity contribution in [3.63, 3.8) is 0 Å². The normalized spacial score (nSPS) is 12.0. The number of benzene rings is 2. The van der Waals surface area contributed by atoms with Crippen LogP contribution < -0.4 is 0 Å². The largest absolute Gasteiger partial charge is 0.417 e. The topological polar surface area (TPSA) is 0 Å². The summed E-state index contributed by atoms with van der Waals surface area (Å²) in [5, 5.41) is 0.0229. The number of alkyl halides is 5. The van der Waals surface area contributed by atoms with Crippen molar-refractivity contribution < 1.29 is 22.0 Å². The van der Waals surface area contributed by atoms with Crippen molar-refractivity contribution in [3.8, 4) is 11.1 Å². The third-order valence-corrected chi connectivity index (χ3v) is 3.66. The van der Waals surface area contributed by atoms with Gasteiger partial charge in [0.1, 0.15) is 0 Å². The molecule has 112 valence electrons. The van der Waals surface area contributed by atoms with Crippen LogP contribution in [0.4, 0.5) is 22.0 Å². The molecular weight excluding hydrogens is 334 g/mol. The molecule has 2 aromatic carbocycles. The molecule has 0 radical (unpaired) electrons. The Hall–Kier alpha value is -1.33. The monoisotopic (exact) mass is 340 g/mol. The van der Waals surface area contributed by atoms with E-state index in [2.05, 4.69) is 0 Å². The zero-order valence-corrected chi connectivity index (χ0v) is 11.7. The zero-order valence-electron chi connectivity index (χ0n) is 10.2. The van der Waals surface area contributed by atoms with E-state index in [0.717, 1.165) is 12.1 Å². The molecule has 0 aliphatic carbocycles. The van der Waals surface area contributed by atoms with Gasteiger partial charge in [0.15, 0.2) is 0 Å². The Labute approximate surface area is 127 Å². The van der Waals surface area contributed by atoms with Gasteiger partial charge in [-0.15, -0.1) is 0 Å². The van der Waals surface area contributed by atoms with Crippen LogP contribution in [0.15, 0.2) is 36.4 Å². The van der Waals surface area contributed by atoms with Crippen molar-refractivity contribution in [1.29, 1.82) is 0 Å². The van der Waals surface area contributed by atoms with Gasteiger partial charge < -0.3 is 0 Å². The lowest BCUT2D eigenvalue weighted by Gasteiger charge is -2.16. The van der Waals surface area contributed by atoms with E-state index in [0.29, 0.717) is 6.07 Å². The van der Waals surface area contributed by atoms with Gasteiger partial charge in [0.2, 0.25) is 0 Å². The third-order valence-electron chi connectivity index (χ3n) is 2.84. The molecule has 21 heavy (non-hydrogen) atoms. The number of hydrogen-bond acceptors (Lipinski definition) is 0. The maximum atomic E-state index is 13.1. The van der Waals surface area contributed by atoms with Gasteiger partial charge in [0, 0.05) is 11.1 Å². The summed E-state index contributed by atoms with van der Waals surface area (Å²) < 4.78 is 64.5. The Bertz CT molecular complexity index is 665. The Kier molecular flexibility index (Phi) is 4.44. The molecular formula is C14H7Cl2F5. The molecule has 7 heteroatoms. The van der Waals surface area contributed by atoms with Crippen LogP contribution in [0.2, 0.25) is 10.0 Å². The first-order valence-corrected chi connectivity index (χ1v) is 6.41. The van der Waals surface area contributed by atoms with Crippen molar-refractivity contribution >= 4 is 23.2 Å². The smallest absolute Gasteiger partial charge is 0.205 e. The Morgan fingerprint density at radius 3 is 2.14 bits per heavy atom. The van der Waals surface area contributed by atoms with Gasteiger partial charge >= 0.3 is 6.18 Å². The highest BCUT2D eigenvalue weighted by Crippen LogP contribution is 2.42. The van der Waals surface area contributed by atoms with E-state index in [1.54, 1.807) is 0 Å². The minimum Gasteiger partial charge on any atom is -0.205 e. The van der Waals surface area contributed by atoms with E-state index in [1.807, 2.05) is 0 Å². The number of rotatable bonds is 2. The second-order valence-electron chi connectivity index (χ2n) is 4.20. The molecule has 0 unspecified atom stereocenters. The molecule has 0 amide bonds. The SMILES string of the molecule is FC(F)c1ccc(-c2cccc(Cl)c2Cl)c(C(F)(F)F)c1. The highest BCUT2D eigenvalue weighted by molar-refractivity contribution is 6.43. The van der Waals surface area contributed by atoms with Crippen LogP contribution in [0.5, 0.6) is 0 Å². The van der Waals surface area contributed by atoms with Gasteiger partial charge in [-0.3, -0.25) is 0 Å². The molecule has 0 aliphatic heterocycles. The average molecular weight is 341 g/mol. The molecule has 0 saturated heterocycles. The quantitative estimate of drug-likeness (QED) is 0.539. The van der Waals surface area contributed by atoms with Crippen LogP contribution in [0.1, 0.15) is 17.6 Å². The first-order chi connectivity index (χ1) is 9.71. The zero-order chi connectivity index (χ0) is 15.8. The lowest BCUT2D eigenvalue weighted by molar-refractivity contribution is -0.137. The molecule has 2 rings (SSSR count). The predicted molar refractivity (Wildman–Crippen MR) is 71.9 cm³/mol. The Morgan fingerprint density at radius 1 is 0.905 bits per heavy atom. The Balaban J connectivity index is 2.71. The summed E-state index contributed by atoms with van der Waals surface area (Å²) in [5.74, 6) is 0. The summed E-state index contributed by atoms with van der Waals surface area (Å²) in [4.78, 5) is 0. The highest BCUT2D eigenvalue weighted by atomic mass is 35.5. The van der Waals surface area contributed by atoms with Crippen LogP contribution in [-0.2, 0) is 6.18 Å². The van der Waals surface area contributed by atoms with Gasteiger partial charge in [-0.05, 0) is 17.7 Å². The van der Waals surface area contributed by atoms with E-state index in [1.165, 1.54) is 18.2 Å². The molecule has 0 nitrogen and oxygen atoms in total. The first kappa shape index (κ1) is 16.0. The predicted octanol–water partition coefficient (Wildman–Crippen LogP) is 6.62. The molecule has 0 fully saturated rings. The van der Waals surface area contributed by atoms with E-state index >= 15 is 0 Å². The molecule has 0 N–H and O–H groups in total. The van der Waals surface area contributed by atoms with Crippen LogP contribution in [0.25, 0.3) is 11.1 Å². The van der Waals surface area contributed by atoms with Crippen LogP contribution >= 0.6 is 23.2 Å². The summed E-state index contributed by atoms with van der Waals surface area (Å²) in [7, 11) is 0. The standard InChI is InChI=1S/C14H7Cl2F5/c15-11-3-1-2-9(12(11)16)8-5-4-7(13(17)18)6-10(8)14(19,20)21/h1-6,13H. The van der Waals surface area contributed by atoms with Gasteiger partial charge in [-0.2, -0.15) is 13.2 Å². The van der Waals surface area contributed by atoms with Crippen molar-refractivity contribution in [2.75, 3.05) is 0 Å². The second kappa shape index (κ2) is 5.81. The summed E-state index contributed by atoms with van der Waals surface area (Å²) in [6.45, 7) is 0. The average Bonchev–Trinajstić information content (AvgIpc) is 2.40. The first-order valence-electron chi connectivity index (χ1n) is 5.65. The van der Waals surface area contributed by atoms with Gasteiger partial charge in [-0.1, -0.05) is 47.5 Å². The summed E-state index contributed by atoms with van der Waals surface area (Å²) in [6.07, 6.45) is -7.78. The van der Waals surface area contributed by atoms with Crippen LogP contribution in [0.3, 0.4) is 0 Å². The lowest BCUT2D eigenvalue weighted by Crippen LogP contribution is -2.08. The van der Waals surface area contributed by atoms with Crippen molar-refractivity contribution in [2.45, 2.75) is 12.6 Å². The molecule has 0 saturated carbocycles. The maximum absolute atomic E-state index is 13.1. The van der Waals surface area contributed by atoms with Crippen LogP contribution in [-0.4, -0.2) is 0 Å². The van der Waals surface area contributed by atoms with Gasteiger partial charge in [0.05, 0.1) is 15.6 Å². The van der Waals surface area contributed by atoms with Gasteiger partial charge in [-0.25, -0.2) is 8.78 Å². The van der Waals surface area contributed by atoms with Crippen molar-refractivity contribution in [1.82, 2.24) is 0 Å². The molecule has 2 aromatic rings. The second-order valence-corrected chi connectivity index (χ2v) is 4.99. The minimum atomic E-state index is -4.79. The molecule has 0 atom stereocenters. The fraction of sp³-hybridized carbons (Fsp3) is 0.143. The van der Waals surface area contributed by atoms with Crippen LogP contribution in [0, 0.1) is 0 Å². The molecule has 0 aliphatic rings. The molecule has 0 bridgehead atoms. The Morgan fingerprint density at radius 2 is 1.57 bits per heavy atom. The highest BCUT2D eigenvalue weighted by Gasteiger charge is 2.35. The number of halogens is 7. The summed E-state index contributed by atoms with van der Waals surface area (Å²) in [5.41, 5.74) is -2.13. The summed E-state index contributed by atoms with van der Waals surface area (Å²) in [6, 6.07) is 6.55. The molecule has 0 spiro atoms. The van der Waals surface area contributed by atoms with E-state index < -0.39 is 23.7 Å². The molecule has 0 aromatic heterocycles. The van der Waals surface area contributed by atoms with Crippen molar-refractivity contribution in [2.24, 2.45) is 0 Å². The summed E-state index contributed by atoms with van der Waals surface area (Å²) >= 11 is 11.7. The molecule has 0 heterocycles. The third kappa shape index (κ3) is 3.30. The minimum absolute atomic E-state index is 0.0392. The van der Waals surface area contributed by atoms with Crippen molar-refractivity contribution in [3.05, 3.63) is 57.6 Å². The fourth-order valence-electron chi connectivity index (χ4n) is 1.88. The van der Waals surface area contributed by atoms with E-state index in [4.69, 9.17) is 23.2 Å². The van der Waals surface area contributed by atoms with E-state index in [9.17, 15) is 22.0 Å². The number of hydrogen-bond donors (Lipinski definition) is 0. The lowest BCUT2D eigenvalue weighted by atomic mass is 9.97. The van der Waals surface area contributed by atoms with Gasteiger partial charge in [0.25, 0.3) is 6.43 Å². The van der Waals surface area contributed by atoms with E-state index in [-0.39, 0.29) is 21.2 Å². The maximum Gasteiger partial charge on any atom is 0.417 e. The fourth-order valence-corrected chi connectivity index (χ4v) is 2.28.